The third-order valence-corrected chi connectivity index (χ3v) is 2.87. The fourth-order valence-electron chi connectivity index (χ4n) is 1.96. The van der Waals surface area contributed by atoms with Gasteiger partial charge in [-0.2, -0.15) is 5.10 Å². The molecule has 0 amide bonds. The highest BCUT2D eigenvalue weighted by Crippen LogP contribution is 2.25. The zero-order valence-corrected chi connectivity index (χ0v) is 11.9. The molecule has 0 spiro atoms. The standard InChI is InChI=1S/C15H20FN3O/c1-3-7-19-11-12(10-18-19)9-17-14-6-5-13(16)8-15(14)20-4-2/h5-6,8,10-11,17H,3-4,7,9H2,1-2H3. The predicted octanol–water partition coefficient (Wildman–Crippen LogP) is 3.44. The van der Waals surface area contributed by atoms with Gasteiger partial charge < -0.3 is 10.1 Å². The van der Waals surface area contributed by atoms with E-state index < -0.39 is 0 Å². The number of halogens is 1. The first-order valence-electron chi connectivity index (χ1n) is 6.90. The number of nitrogens with zero attached hydrogens (tertiary/aromatic N) is 2. The molecule has 0 unspecified atom stereocenters. The van der Waals surface area contributed by atoms with Crippen LogP contribution in [0.1, 0.15) is 25.8 Å². The summed E-state index contributed by atoms with van der Waals surface area (Å²) in [6.07, 6.45) is 4.91. The number of rotatable bonds is 7. The monoisotopic (exact) mass is 277 g/mol. The van der Waals surface area contributed by atoms with Crippen molar-refractivity contribution in [3.05, 3.63) is 42.0 Å². The summed E-state index contributed by atoms with van der Waals surface area (Å²) < 4.78 is 20.5. The summed E-state index contributed by atoms with van der Waals surface area (Å²) in [6.45, 7) is 6.05. The van der Waals surface area contributed by atoms with Crippen LogP contribution >= 0.6 is 0 Å². The summed E-state index contributed by atoms with van der Waals surface area (Å²) in [4.78, 5) is 0. The number of benzene rings is 1. The molecule has 1 heterocycles. The average molecular weight is 277 g/mol. The molecule has 0 aliphatic rings. The summed E-state index contributed by atoms with van der Waals surface area (Å²) in [5.41, 5.74) is 1.88. The van der Waals surface area contributed by atoms with E-state index in [2.05, 4.69) is 17.3 Å². The molecule has 2 rings (SSSR count). The molecule has 0 aliphatic heterocycles. The van der Waals surface area contributed by atoms with Gasteiger partial charge in [0.1, 0.15) is 11.6 Å². The molecule has 0 aliphatic carbocycles. The Kier molecular flexibility index (Phi) is 4.98. The Bertz CT molecular complexity index is 554. The van der Waals surface area contributed by atoms with Crippen LogP contribution in [0.2, 0.25) is 0 Å². The lowest BCUT2D eigenvalue weighted by Crippen LogP contribution is -2.03. The highest BCUT2D eigenvalue weighted by molar-refractivity contribution is 5.56. The van der Waals surface area contributed by atoms with Gasteiger partial charge in [0.2, 0.25) is 0 Å². The summed E-state index contributed by atoms with van der Waals surface area (Å²) in [5, 5.41) is 7.53. The van der Waals surface area contributed by atoms with Crippen molar-refractivity contribution in [2.45, 2.75) is 33.4 Å². The van der Waals surface area contributed by atoms with Crippen molar-refractivity contribution in [1.82, 2.24) is 9.78 Å². The predicted molar refractivity (Wildman–Crippen MR) is 77.4 cm³/mol. The van der Waals surface area contributed by atoms with Crippen LogP contribution in [0.4, 0.5) is 10.1 Å². The normalized spacial score (nSPS) is 10.6. The molecule has 2 aromatic rings. The van der Waals surface area contributed by atoms with E-state index in [0.29, 0.717) is 18.9 Å². The molecule has 0 fully saturated rings. The molecule has 1 aromatic carbocycles. The SMILES string of the molecule is CCCn1cc(CNc2ccc(F)cc2OCC)cn1. The van der Waals surface area contributed by atoms with Crippen LogP contribution in [-0.4, -0.2) is 16.4 Å². The highest BCUT2D eigenvalue weighted by atomic mass is 19.1. The van der Waals surface area contributed by atoms with Crippen LogP contribution in [0, 0.1) is 5.82 Å². The molecule has 108 valence electrons. The Morgan fingerprint density at radius 3 is 2.95 bits per heavy atom. The lowest BCUT2D eigenvalue weighted by Gasteiger charge is -2.11. The van der Waals surface area contributed by atoms with Crippen LogP contribution in [0.25, 0.3) is 0 Å². The molecule has 0 bridgehead atoms. The summed E-state index contributed by atoms with van der Waals surface area (Å²) >= 11 is 0. The molecule has 5 heteroatoms. The molecule has 0 saturated carbocycles. The Morgan fingerprint density at radius 2 is 2.20 bits per heavy atom. The van der Waals surface area contributed by atoms with Crippen molar-refractivity contribution in [3.8, 4) is 5.75 Å². The number of aryl methyl sites for hydroxylation is 1. The zero-order chi connectivity index (χ0) is 14.4. The van der Waals surface area contributed by atoms with Crippen LogP contribution < -0.4 is 10.1 Å². The number of hydrogen-bond acceptors (Lipinski definition) is 3. The van der Waals surface area contributed by atoms with Gasteiger partial charge in [-0.15, -0.1) is 0 Å². The van der Waals surface area contributed by atoms with E-state index in [1.165, 1.54) is 12.1 Å². The summed E-state index contributed by atoms with van der Waals surface area (Å²) in [5.74, 6) is 0.239. The molecule has 20 heavy (non-hydrogen) atoms. The van der Waals surface area contributed by atoms with Gasteiger partial charge in [0.25, 0.3) is 0 Å². The molecule has 0 atom stereocenters. The van der Waals surface area contributed by atoms with Gasteiger partial charge in [0.15, 0.2) is 0 Å². The average Bonchev–Trinajstić information content (AvgIpc) is 2.86. The molecule has 1 aromatic heterocycles. The van der Waals surface area contributed by atoms with Crippen molar-refractivity contribution in [1.29, 1.82) is 0 Å². The van der Waals surface area contributed by atoms with Crippen molar-refractivity contribution >= 4 is 5.69 Å². The van der Waals surface area contributed by atoms with Crippen molar-refractivity contribution in [3.63, 3.8) is 0 Å². The number of ether oxygens (including phenoxy) is 1. The number of hydrogen-bond donors (Lipinski definition) is 1. The first-order chi connectivity index (χ1) is 9.72. The lowest BCUT2D eigenvalue weighted by molar-refractivity contribution is 0.340. The summed E-state index contributed by atoms with van der Waals surface area (Å²) in [6, 6.07) is 4.51. The lowest BCUT2D eigenvalue weighted by atomic mass is 10.2. The van der Waals surface area contributed by atoms with E-state index in [-0.39, 0.29) is 5.82 Å². The highest BCUT2D eigenvalue weighted by Gasteiger charge is 2.06. The van der Waals surface area contributed by atoms with Gasteiger partial charge >= 0.3 is 0 Å². The van der Waals surface area contributed by atoms with Crippen LogP contribution in [0.5, 0.6) is 5.75 Å². The van der Waals surface area contributed by atoms with E-state index in [0.717, 1.165) is 24.2 Å². The Labute approximate surface area is 118 Å². The van der Waals surface area contributed by atoms with Crippen molar-refractivity contribution < 1.29 is 9.13 Å². The van der Waals surface area contributed by atoms with Gasteiger partial charge in [-0.3, -0.25) is 4.68 Å². The minimum atomic E-state index is -0.297. The van der Waals surface area contributed by atoms with E-state index >= 15 is 0 Å². The van der Waals surface area contributed by atoms with Gasteiger partial charge in [-0.1, -0.05) is 6.92 Å². The largest absolute Gasteiger partial charge is 0.492 e. The quantitative estimate of drug-likeness (QED) is 0.842. The van der Waals surface area contributed by atoms with Crippen LogP contribution in [0.3, 0.4) is 0 Å². The Morgan fingerprint density at radius 1 is 1.35 bits per heavy atom. The topological polar surface area (TPSA) is 39.1 Å². The second-order valence-electron chi connectivity index (χ2n) is 4.54. The fraction of sp³-hybridized carbons (Fsp3) is 0.400. The minimum Gasteiger partial charge on any atom is -0.492 e. The molecule has 1 N–H and O–H groups in total. The third-order valence-electron chi connectivity index (χ3n) is 2.87. The summed E-state index contributed by atoms with van der Waals surface area (Å²) in [7, 11) is 0. The number of nitrogens with one attached hydrogen (secondary N) is 1. The van der Waals surface area contributed by atoms with Gasteiger partial charge in [0.05, 0.1) is 18.5 Å². The third kappa shape index (κ3) is 3.73. The first kappa shape index (κ1) is 14.4. The van der Waals surface area contributed by atoms with Crippen molar-refractivity contribution in [2.24, 2.45) is 0 Å². The zero-order valence-electron chi connectivity index (χ0n) is 11.9. The van der Waals surface area contributed by atoms with Gasteiger partial charge in [-0.25, -0.2) is 4.39 Å². The molecular formula is C15H20FN3O. The van der Waals surface area contributed by atoms with E-state index in [1.54, 1.807) is 6.07 Å². The molecule has 0 radical (unpaired) electrons. The second kappa shape index (κ2) is 6.93. The molecule has 4 nitrogen and oxygen atoms in total. The van der Waals surface area contributed by atoms with Gasteiger partial charge in [-0.05, 0) is 25.5 Å². The molecular weight excluding hydrogens is 257 g/mol. The maximum Gasteiger partial charge on any atom is 0.145 e. The maximum absolute atomic E-state index is 13.2. The second-order valence-corrected chi connectivity index (χ2v) is 4.54. The number of anilines is 1. The Balaban J connectivity index is 2.02. The minimum absolute atomic E-state index is 0.297. The fourth-order valence-corrected chi connectivity index (χ4v) is 1.96. The van der Waals surface area contributed by atoms with E-state index in [1.807, 2.05) is 24.0 Å². The number of aromatic nitrogens is 2. The van der Waals surface area contributed by atoms with Crippen molar-refractivity contribution in [2.75, 3.05) is 11.9 Å². The van der Waals surface area contributed by atoms with E-state index in [9.17, 15) is 4.39 Å². The molecule has 0 saturated heterocycles. The smallest absolute Gasteiger partial charge is 0.145 e. The Hall–Kier alpha value is -2.04. The maximum atomic E-state index is 13.2. The first-order valence-corrected chi connectivity index (χ1v) is 6.90. The van der Waals surface area contributed by atoms with Crippen LogP contribution in [-0.2, 0) is 13.1 Å². The van der Waals surface area contributed by atoms with Gasteiger partial charge in [0, 0.05) is 30.9 Å². The van der Waals surface area contributed by atoms with E-state index in [4.69, 9.17) is 4.74 Å². The van der Waals surface area contributed by atoms with Crippen LogP contribution in [0.15, 0.2) is 30.6 Å².